The van der Waals surface area contributed by atoms with Crippen LogP contribution < -0.4 is 4.90 Å². The van der Waals surface area contributed by atoms with Crippen LogP contribution in [0, 0.1) is 0 Å². The number of fused-ring (bicyclic) bond motifs is 1. The number of carbonyl (C=O) groups is 1. The van der Waals surface area contributed by atoms with E-state index in [1.54, 1.807) is 17.0 Å². The first-order valence-electron chi connectivity index (χ1n) is 7.31. The molecule has 0 aromatic carbocycles. The lowest BCUT2D eigenvalue weighted by Crippen LogP contribution is -2.37. The Bertz CT molecular complexity index is 680. The maximum absolute atomic E-state index is 12.3. The summed E-state index contributed by atoms with van der Waals surface area (Å²) >= 11 is 0. The monoisotopic (exact) mass is 300 g/mol. The first kappa shape index (κ1) is 13.3. The van der Waals surface area contributed by atoms with Crippen molar-refractivity contribution in [1.82, 2.24) is 14.9 Å². The molecule has 1 saturated heterocycles. The van der Waals surface area contributed by atoms with Crippen molar-refractivity contribution in [3.05, 3.63) is 41.6 Å². The summed E-state index contributed by atoms with van der Waals surface area (Å²) in [7, 11) is 0. The minimum atomic E-state index is -0.115. The number of aromatic nitrogens is 2. The van der Waals surface area contributed by atoms with Crippen molar-refractivity contribution in [3.8, 4) is 0 Å². The van der Waals surface area contributed by atoms with Crippen molar-refractivity contribution in [2.45, 2.75) is 13.1 Å². The summed E-state index contributed by atoms with van der Waals surface area (Å²) in [5, 5.41) is 0. The Labute approximate surface area is 127 Å². The first-order chi connectivity index (χ1) is 10.8. The van der Waals surface area contributed by atoms with E-state index in [0.29, 0.717) is 38.0 Å². The number of hydrogen-bond donors (Lipinski definition) is 0. The number of hydrogen-bond acceptors (Lipinski definition) is 6. The topological polar surface area (TPSA) is 71.7 Å². The fourth-order valence-electron chi connectivity index (χ4n) is 2.76. The molecule has 4 heterocycles. The number of nitrogens with zero attached hydrogens (tertiary/aromatic N) is 4. The second-order valence-corrected chi connectivity index (χ2v) is 5.38. The molecule has 4 rings (SSSR count). The van der Waals surface area contributed by atoms with Gasteiger partial charge in [0.15, 0.2) is 5.76 Å². The van der Waals surface area contributed by atoms with E-state index in [1.165, 1.54) is 6.26 Å². The molecule has 2 aliphatic heterocycles. The van der Waals surface area contributed by atoms with E-state index in [2.05, 4.69) is 14.9 Å². The lowest BCUT2D eigenvalue weighted by atomic mass is 10.3. The Morgan fingerprint density at radius 2 is 2.09 bits per heavy atom. The quantitative estimate of drug-likeness (QED) is 0.826. The molecule has 2 aromatic rings. The minimum Gasteiger partial charge on any atom is -0.459 e. The van der Waals surface area contributed by atoms with E-state index in [9.17, 15) is 4.79 Å². The number of carbonyl (C=O) groups excluding carboxylic acids is 1. The lowest BCUT2D eigenvalue weighted by molar-refractivity contribution is 0.0718. The number of amides is 1. The molecule has 0 spiro atoms. The standard InChI is InChI=1S/C15H16N4O3/c20-14(13-2-1-5-22-13)19-9-11-8-16-15(17-12(11)10-19)18-3-6-21-7-4-18/h1-2,5,8H,3-4,6-7,9-10H2. The van der Waals surface area contributed by atoms with Gasteiger partial charge in [-0.15, -0.1) is 0 Å². The van der Waals surface area contributed by atoms with Gasteiger partial charge in [0.25, 0.3) is 5.91 Å². The molecule has 7 heteroatoms. The number of ether oxygens (including phenoxy) is 1. The summed E-state index contributed by atoms with van der Waals surface area (Å²) in [5.41, 5.74) is 1.91. The van der Waals surface area contributed by atoms with Gasteiger partial charge in [-0.1, -0.05) is 0 Å². The molecule has 114 valence electrons. The Morgan fingerprint density at radius 1 is 1.23 bits per heavy atom. The van der Waals surface area contributed by atoms with Crippen LogP contribution in [-0.4, -0.2) is 47.1 Å². The van der Waals surface area contributed by atoms with E-state index in [0.717, 1.165) is 24.3 Å². The van der Waals surface area contributed by atoms with Crippen LogP contribution >= 0.6 is 0 Å². The Balaban J connectivity index is 1.52. The van der Waals surface area contributed by atoms with Crippen LogP contribution in [0.25, 0.3) is 0 Å². The minimum absolute atomic E-state index is 0.115. The molecule has 0 atom stereocenters. The van der Waals surface area contributed by atoms with E-state index in [-0.39, 0.29) is 5.91 Å². The zero-order valence-corrected chi connectivity index (χ0v) is 12.1. The van der Waals surface area contributed by atoms with Gasteiger partial charge in [0.2, 0.25) is 5.95 Å². The fourth-order valence-corrected chi connectivity index (χ4v) is 2.76. The van der Waals surface area contributed by atoms with Gasteiger partial charge in [0, 0.05) is 31.4 Å². The second kappa shape index (κ2) is 5.42. The predicted molar refractivity (Wildman–Crippen MR) is 77.3 cm³/mol. The zero-order valence-electron chi connectivity index (χ0n) is 12.1. The highest BCUT2D eigenvalue weighted by Gasteiger charge is 2.28. The van der Waals surface area contributed by atoms with Crippen LogP contribution in [0.4, 0.5) is 5.95 Å². The number of morpholine rings is 1. The van der Waals surface area contributed by atoms with Gasteiger partial charge in [0.05, 0.1) is 31.7 Å². The van der Waals surface area contributed by atoms with Crippen molar-refractivity contribution >= 4 is 11.9 Å². The molecule has 0 radical (unpaired) electrons. The van der Waals surface area contributed by atoms with Crippen molar-refractivity contribution in [1.29, 1.82) is 0 Å². The molecule has 1 amide bonds. The summed E-state index contributed by atoms with van der Waals surface area (Å²) < 4.78 is 10.5. The van der Waals surface area contributed by atoms with Crippen molar-refractivity contribution in [2.75, 3.05) is 31.2 Å². The molecule has 0 N–H and O–H groups in total. The molecular formula is C15H16N4O3. The summed E-state index contributed by atoms with van der Waals surface area (Å²) in [5.74, 6) is 0.958. The third kappa shape index (κ3) is 2.33. The normalized spacial score (nSPS) is 17.6. The van der Waals surface area contributed by atoms with Crippen LogP contribution in [-0.2, 0) is 17.8 Å². The molecule has 2 aliphatic rings. The van der Waals surface area contributed by atoms with Gasteiger partial charge < -0.3 is 19.0 Å². The molecule has 0 saturated carbocycles. The van der Waals surface area contributed by atoms with Gasteiger partial charge in [-0.3, -0.25) is 4.79 Å². The van der Waals surface area contributed by atoms with Crippen LogP contribution in [0.3, 0.4) is 0 Å². The highest BCUT2D eigenvalue weighted by Crippen LogP contribution is 2.24. The third-order valence-corrected chi connectivity index (χ3v) is 3.96. The first-order valence-corrected chi connectivity index (χ1v) is 7.31. The molecule has 0 bridgehead atoms. The lowest BCUT2D eigenvalue weighted by Gasteiger charge is -2.26. The fraction of sp³-hybridized carbons (Fsp3) is 0.400. The van der Waals surface area contributed by atoms with E-state index >= 15 is 0 Å². The van der Waals surface area contributed by atoms with Gasteiger partial charge in [-0.2, -0.15) is 0 Å². The van der Waals surface area contributed by atoms with E-state index < -0.39 is 0 Å². The Morgan fingerprint density at radius 3 is 2.86 bits per heavy atom. The maximum atomic E-state index is 12.3. The second-order valence-electron chi connectivity index (χ2n) is 5.38. The van der Waals surface area contributed by atoms with Crippen molar-refractivity contribution < 1.29 is 13.9 Å². The SMILES string of the molecule is O=C(c1ccco1)N1Cc2cnc(N3CCOCC3)nc2C1. The Kier molecular flexibility index (Phi) is 3.27. The Hall–Kier alpha value is -2.41. The largest absolute Gasteiger partial charge is 0.459 e. The van der Waals surface area contributed by atoms with Gasteiger partial charge >= 0.3 is 0 Å². The molecule has 1 fully saturated rings. The highest BCUT2D eigenvalue weighted by molar-refractivity contribution is 5.91. The highest BCUT2D eigenvalue weighted by atomic mass is 16.5. The van der Waals surface area contributed by atoms with Gasteiger partial charge in [0.1, 0.15) is 0 Å². The molecule has 0 aliphatic carbocycles. The average molecular weight is 300 g/mol. The molecule has 22 heavy (non-hydrogen) atoms. The number of furan rings is 1. The number of anilines is 1. The van der Waals surface area contributed by atoms with Gasteiger partial charge in [-0.05, 0) is 12.1 Å². The maximum Gasteiger partial charge on any atom is 0.290 e. The average Bonchev–Trinajstić information content (AvgIpc) is 3.23. The van der Waals surface area contributed by atoms with E-state index in [4.69, 9.17) is 9.15 Å². The summed E-state index contributed by atoms with van der Waals surface area (Å²) in [6, 6.07) is 3.39. The number of rotatable bonds is 2. The zero-order chi connectivity index (χ0) is 14.9. The molecule has 2 aromatic heterocycles. The van der Waals surface area contributed by atoms with Crippen LogP contribution in [0.1, 0.15) is 21.8 Å². The summed E-state index contributed by atoms with van der Waals surface area (Å²) in [4.78, 5) is 25.2. The summed E-state index contributed by atoms with van der Waals surface area (Å²) in [6.45, 7) is 4.02. The predicted octanol–water partition coefficient (Wildman–Crippen LogP) is 1.06. The smallest absolute Gasteiger partial charge is 0.290 e. The van der Waals surface area contributed by atoms with Crippen molar-refractivity contribution in [2.24, 2.45) is 0 Å². The summed E-state index contributed by atoms with van der Waals surface area (Å²) in [6.07, 6.45) is 3.33. The third-order valence-electron chi connectivity index (χ3n) is 3.96. The molecule has 7 nitrogen and oxygen atoms in total. The molecular weight excluding hydrogens is 284 g/mol. The van der Waals surface area contributed by atoms with Crippen molar-refractivity contribution in [3.63, 3.8) is 0 Å². The molecule has 0 unspecified atom stereocenters. The van der Waals surface area contributed by atoms with Gasteiger partial charge in [-0.25, -0.2) is 9.97 Å². The van der Waals surface area contributed by atoms with E-state index in [1.807, 2.05) is 6.20 Å². The van der Waals surface area contributed by atoms with Crippen LogP contribution in [0.2, 0.25) is 0 Å². The van der Waals surface area contributed by atoms with Crippen LogP contribution in [0.5, 0.6) is 0 Å². The van der Waals surface area contributed by atoms with Crippen LogP contribution in [0.15, 0.2) is 29.0 Å².